The van der Waals surface area contributed by atoms with Crippen LogP contribution in [0.15, 0.2) is 48.5 Å². The monoisotopic (exact) mass is 383 g/mol. The second kappa shape index (κ2) is 9.56. The number of benzene rings is 2. The first-order valence-corrected chi connectivity index (χ1v) is 10.0. The normalized spacial score (nSPS) is 11.0. The highest BCUT2D eigenvalue weighted by molar-refractivity contribution is 6.30. The second-order valence-electron chi connectivity index (χ2n) is 6.75. The molecule has 0 aliphatic rings. The summed E-state index contributed by atoms with van der Waals surface area (Å²) >= 11 is 5.93. The largest absolute Gasteiger partial charge is 0.352 e. The number of rotatable bonds is 9. The van der Waals surface area contributed by atoms with Crippen molar-refractivity contribution in [2.24, 2.45) is 0 Å². The van der Waals surface area contributed by atoms with Crippen molar-refractivity contribution in [1.29, 1.82) is 0 Å². The Labute approximate surface area is 165 Å². The molecule has 0 saturated carbocycles. The average molecular weight is 384 g/mol. The van der Waals surface area contributed by atoms with Gasteiger partial charge in [0.25, 0.3) is 5.91 Å². The third-order valence-electron chi connectivity index (χ3n) is 4.63. The summed E-state index contributed by atoms with van der Waals surface area (Å²) in [6, 6.07) is 15.4. The number of halogens is 1. The van der Waals surface area contributed by atoms with Gasteiger partial charge in [-0.1, -0.05) is 43.1 Å². The molecule has 0 saturated heterocycles. The van der Waals surface area contributed by atoms with Crippen molar-refractivity contribution in [3.8, 4) is 0 Å². The quantitative estimate of drug-likeness (QED) is 0.513. The number of carbonyl (C=O) groups is 1. The van der Waals surface area contributed by atoms with E-state index in [0.717, 1.165) is 44.2 Å². The van der Waals surface area contributed by atoms with Crippen LogP contribution in [0.4, 0.5) is 0 Å². The van der Waals surface area contributed by atoms with Gasteiger partial charge in [-0.05, 0) is 49.6 Å². The zero-order valence-corrected chi connectivity index (χ0v) is 16.5. The van der Waals surface area contributed by atoms with Crippen LogP contribution in [-0.4, -0.2) is 22.0 Å². The van der Waals surface area contributed by atoms with Gasteiger partial charge in [0.05, 0.1) is 11.0 Å². The van der Waals surface area contributed by atoms with E-state index in [9.17, 15) is 4.79 Å². The Morgan fingerprint density at radius 3 is 2.78 bits per heavy atom. The summed E-state index contributed by atoms with van der Waals surface area (Å²) in [5, 5.41) is 3.54. The minimum absolute atomic E-state index is 0.0674. The molecule has 4 nitrogen and oxygen atoms in total. The SMILES string of the molecule is CCCn1c(CCCCCNC(=O)c2cccc(Cl)c2)nc2ccccc21. The highest BCUT2D eigenvalue weighted by atomic mass is 35.5. The molecule has 0 radical (unpaired) electrons. The molecule has 1 aromatic heterocycles. The molecule has 0 aliphatic carbocycles. The van der Waals surface area contributed by atoms with Crippen LogP contribution in [0.1, 0.15) is 48.8 Å². The molecular weight excluding hydrogens is 358 g/mol. The summed E-state index contributed by atoms with van der Waals surface area (Å²) in [4.78, 5) is 16.9. The second-order valence-corrected chi connectivity index (χ2v) is 7.18. The Balaban J connectivity index is 1.45. The van der Waals surface area contributed by atoms with Crippen LogP contribution in [0.25, 0.3) is 11.0 Å². The van der Waals surface area contributed by atoms with Gasteiger partial charge in [-0.25, -0.2) is 4.98 Å². The average Bonchev–Trinajstić information content (AvgIpc) is 3.02. The number of nitrogens with one attached hydrogen (secondary N) is 1. The van der Waals surface area contributed by atoms with Crippen LogP contribution in [0.2, 0.25) is 5.02 Å². The first-order chi connectivity index (χ1) is 13.2. The van der Waals surface area contributed by atoms with Crippen molar-refractivity contribution < 1.29 is 4.79 Å². The molecule has 1 amide bonds. The number of nitrogens with zero attached hydrogens (tertiary/aromatic N) is 2. The Bertz CT molecular complexity index is 903. The van der Waals surface area contributed by atoms with E-state index in [1.807, 2.05) is 6.07 Å². The predicted molar refractivity (Wildman–Crippen MR) is 111 cm³/mol. The minimum atomic E-state index is -0.0674. The van der Waals surface area contributed by atoms with E-state index in [4.69, 9.17) is 16.6 Å². The fraction of sp³-hybridized carbons (Fsp3) is 0.364. The van der Waals surface area contributed by atoms with Crippen molar-refractivity contribution in [3.05, 3.63) is 64.9 Å². The molecule has 0 aliphatic heterocycles. The van der Waals surface area contributed by atoms with Crippen LogP contribution in [0, 0.1) is 0 Å². The molecule has 0 bridgehead atoms. The summed E-state index contributed by atoms with van der Waals surface area (Å²) in [6.45, 7) is 3.88. The lowest BCUT2D eigenvalue weighted by molar-refractivity contribution is 0.0953. The maximum atomic E-state index is 12.1. The van der Waals surface area contributed by atoms with Crippen LogP contribution < -0.4 is 5.32 Å². The van der Waals surface area contributed by atoms with Crippen molar-refractivity contribution >= 4 is 28.5 Å². The molecule has 2 aromatic carbocycles. The van der Waals surface area contributed by atoms with Crippen LogP contribution in [0.5, 0.6) is 0 Å². The number of imidazole rings is 1. The van der Waals surface area contributed by atoms with Gasteiger partial charge >= 0.3 is 0 Å². The highest BCUT2D eigenvalue weighted by Crippen LogP contribution is 2.18. The van der Waals surface area contributed by atoms with Gasteiger partial charge in [0.2, 0.25) is 0 Å². The van der Waals surface area contributed by atoms with E-state index in [0.29, 0.717) is 17.1 Å². The highest BCUT2D eigenvalue weighted by Gasteiger charge is 2.09. The van der Waals surface area contributed by atoms with Crippen LogP contribution in [0.3, 0.4) is 0 Å². The van der Waals surface area contributed by atoms with E-state index in [1.54, 1.807) is 24.3 Å². The molecule has 27 heavy (non-hydrogen) atoms. The summed E-state index contributed by atoms with van der Waals surface area (Å²) in [5.41, 5.74) is 2.91. The molecule has 0 spiro atoms. The zero-order chi connectivity index (χ0) is 19.1. The number of aromatic nitrogens is 2. The fourth-order valence-electron chi connectivity index (χ4n) is 3.31. The van der Waals surface area contributed by atoms with Crippen molar-refractivity contribution in [3.63, 3.8) is 0 Å². The van der Waals surface area contributed by atoms with Crippen molar-refractivity contribution in [2.75, 3.05) is 6.54 Å². The molecule has 3 aromatic rings. The maximum Gasteiger partial charge on any atom is 0.251 e. The first kappa shape index (κ1) is 19.4. The summed E-state index contributed by atoms with van der Waals surface area (Å²) < 4.78 is 2.34. The predicted octanol–water partition coefficient (Wildman–Crippen LogP) is 5.24. The van der Waals surface area contributed by atoms with Gasteiger partial charge in [0.1, 0.15) is 5.82 Å². The van der Waals surface area contributed by atoms with Gasteiger partial charge in [-0.15, -0.1) is 0 Å². The number of amides is 1. The van der Waals surface area contributed by atoms with Gasteiger partial charge in [0.15, 0.2) is 0 Å². The molecule has 5 heteroatoms. The van der Waals surface area contributed by atoms with Gasteiger partial charge in [-0.3, -0.25) is 4.79 Å². The Morgan fingerprint density at radius 2 is 1.96 bits per heavy atom. The van der Waals surface area contributed by atoms with Gasteiger partial charge < -0.3 is 9.88 Å². The number of aryl methyl sites for hydroxylation is 2. The third-order valence-corrected chi connectivity index (χ3v) is 4.87. The van der Waals surface area contributed by atoms with E-state index < -0.39 is 0 Å². The van der Waals surface area contributed by atoms with Crippen LogP contribution in [-0.2, 0) is 13.0 Å². The molecule has 0 fully saturated rings. The number of hydrogen-bond donors (Lipinski definition) is 1. The summed E-state index contributed by atoms with van der Waals surface area (Å²) in [5.74, 6) is 1.10. The molecular formula is C22H26ClN3O. The lowest BCUT2D eigenvalue weighted by atomic mass is 10.1. The first-order valence-electron chi connectivity index (χ1n) is 9.67. The number of unbranched alkanes of at least 4 members (excludes halogenated alkanes) is 2. The molecule has 0 atom stereocenters. The maximum absolute atomic E-state index is 12.1. The lowest BCUT2D eigenvalue weighted by Gasteiger charge is -2.08. The van der Waals surface area contributed by atoms with Gasteiger partial charge in [0, 0.05) is 30.1 Å². The zero-order valence-electron chi connectivity index (χ0n) is 15.7. The molecule has 1 N–H and O–H groups in total. The molecule has 142 valence electrons. The number of para-hydroxylation sites is 2. The number of hydrogen-bond acceptors (Lipinski definition) is 2. The number of carbonyl (C=O) groups excluding carboxylic acids is 1. The molecule has 1 heterocycles. The minimum Gasteiger partial charge on any atom is -0.352 e. The molecule has 3 rings (SSSR count). The topological polar surface area (TPSA) is 46.9 Å². The third kappa shape index (κ3) is 5.10. The lowest BCUT2D eigenvalue weighted by Crippen LogP contribution is -2.24. The van der Waals surface area contributed by atoms with E-state index in [-0.39, 0.29) is 5.91 Å². The Hall–Kier alpha value is -2.33. The van der Waals surface area contributed by atoms with E-state index in [1.165, 1.54) is 11.3 Å². The standard InChI is InChI=1S/C22H26ClN3O/c1-2-15-26-20-12-6-5-11-19(20)25-21(26)13-4-3-7-14-24-22(27)17-9-8-10-18(23)16-17/h5-6,8-12,16H,2-4,7,13-15H2,1H3,(H,24,27). The van der Waals surface area contributed by atoms with Crippen molar-refractivity contribution in [1.82, 2.24) is 14.9 Å². The van der Waals surface area contributed by atoms with Gasteiger partial charge in [-0.2, -0.15) is 0 Å². The smallest absolute Gasteiger partial charge is 0.251 e. The summed E-state index contributed by atoms with van der Waals surface area (Å²) in [6.07, 6.45) is 5.16. The fourth-order valence-corrected chi connectivity index (χ4v) is 3.50. The van der Waals surface area contributed by atoms with Crippen molar-refractivity contribution in [2.45, 2.75) is 45.6 Å². The summed E-state index contributed by atoms with van der Waals surface area (Å²) in [7, 11) is 0. The van der Waals surface area contributed by atoms with E-state index >= 15 is 0 Å². The Kier molecular flexibility index (Phi) is 6.88. The number of fused-ring (bicyclic) bond motifs is 1. The molecule has 0 unspecified atom stereocenters. The van der Waals surface area contributed by atoms with E-state index in [2.05, 4.69) is 35.0 Å². The Morgan fingerprint density at radius 1 is 1.11 bits per heavy atom. The van der Waals surface area contributed by atoms with Crippen LogP contribution >= 0.6 is 11.6 Å².